The number of fused-ring (bicyclic) bond motifs is 1. The van der Waals surface area contributed by atoms with E-state index < -0.39 is 0 Å². The molecule has 0 spiro atoms. The quantitative estimate of drug-likeness (QED) is 0.746. The first kappa shape index (κ1) is 15.9. The number of H-pyrrole nitrogens is 1. The van der Waals surface area contributed by atoms with Crippen LogP contribution in [0, 0.1) is 0 Å². The lowest BCUT2D eigenvalue weighted by Gasteiger charge is -2.24. The molecule has 1 aromatic carbocycles. The van der Waals surface area contributed by atoms with E-state index in [-0.39, 0.29) is 17.9 Å². The lowest BCUT2D eigenvalue weighted by molar-refractivity contribution is -0.116. The lowest BCUT2D eigenvalue weighted by atomic mass is 9.86. The largest absolute Gasteiger partial charge is 0.311 e. The number of hydrogen-bond donors (Lipinski definition) is 2. The van der Waals surface area contributed by atoms with Crippen LogP contribution in [0.3, 0.4) is 0 Å². The monoisotopic (exact) mass is 355 g/mol. The smallest absolute Gasteiger partial charge is 0.226 e. The van der Waals surface area contributed by atoms with Gasteiger partial charge in [-0.15, -0.1) is 0 Å². The maximum absolute atomic E-state index is 12.3. The molecule has 7 heteroatoms. The van der Waals surface area contributed by atoms with Gasteiger partial charge in [0.05, 0.1) is 18.1 Å². The van der Waals surface area contributed by atoms with Crippen LogP contribution in [0.15, 0.2) is 36.7 Å². The molecule has 0 fully saturated rings. The van der Waals surface area contributed by atoms with Gasteiger partial charge in [0.15, 0.2) is 0 Å². The summed E-state index contributed by atoms with van der Waals surface area (Å²) in [6, 6.07) is 7.75. The minimum atomic E-state index is -0.0827. The fraction of sp³-hybridized carbons (Fsp3) is 0.278. The van der Waals surface area contributed by atoms with Crippen molar-refractivity contribution < 1.29 is 4.79 Å². The van der Waals surface area contributed by atoms with Crippen LogP contribution in [0.4, 0.5) is 5.82 Å². The fourth-order valence-electron chi connectivity index (χ4n) is 3.31. The predicted molar refractivity (Wildman–Crippen MR) is 96.7 cm³/mol. The molecule has 1 aliphatic heterocycles. The number of amides is 1. The highest BCUT2D eigenvalue weighted by Crippen LogP contribution is 2.41. The molecular weight excluding hydrogens is 338 g/mol. The first-order chi connectivity index (χ1) is 12.0. The van der Waals surface area contributed by atoms with Gasteiger partial charge < -0.3 is 5.32 Å². The van der Waals surface area contributed by atoms with Crippen LogP contribution in [0.2, 0.25) is 5.02 Å². The normalized spacial score (nSPS) is 16.8. The standard InChI is InChI=1S/C18H18ClN5O/c1-10(2)24-18-15(9-21-24)13(7-16(25)22-18)14-8-20-23-17(14)11-3-5-12(19)6-4-11/h3-6,8-10,13H,7H2,1-2H3,(H,20,23)(H,22,25)/t13-/m0/s1. The number of halogens is 1. The average Bonchev–Trinajstić information content (AvgIpc) is 3.21. The Morgan fingerprint density at radius 1 is 1.20 bits per heavy atom. The Morgan fingerprint density at radius 3 is 2.68 bits per heavy atom. The Labute approximate surface area is 150 Å². The van der Waals surface area contributed by atoms with Crippen molar-refractivity contribution in [2.45, 2.75) is 32.2 Å². The van der Waals surface area contributed by atoms with Crippen molar-refractivity contribution in [3.8, 4) is 11.3 Å². The van der Waals surface area contributed by atoms with Gasteiger partial charge in [-0.3, -0.25) is 9.89 Å². The minimum Gasteiger partial charge on any atom is -0.311 e. The van der Waals surface area contributed by atoms with Crippen LogP contribution in [-0.4, -0.2) is 25.9 Å². The molecule has 0 saturated heterocycles. The first-order valence-corrected chi connectivity index (χ1v) is 8.59. The molecule has 1 atom stereocenters. The summed E-state index contributed by atoms with van der Waals surface area (Å²) in [7, 11) is 0. The second-order valence-electron chi connectivity index (χ2n) is 6.50. The van der Waals surface area contributed by atoms with Gasteiger partial charge in [0.1, 0.15) is 5.82 Å². The van der Waals surface area contributed by atoms with Crippen LogP contribution < -0.4 is 5.32 Å². The summed E-state index contributed by atoms with van der Waals surface area (Å²) in [5.74, 6) is 0.684. The van der Waals surface area contributed by atoms with Gasteiger partial charge in [0.25, 0.3) is 0 Å². The molecular formula is C18H18ClN5O. The van der Waals surface area contributed by atoms with E-state index in [4.69, 9.17) is 11.6 Å². The average molecular weight is 356 g/mol. The van der Waals surface area contributed by atoms with Crippen molar-refractivity contribution in [2.24, 2.45) is 0 Å². The second-order valence-corrected chi connectivity index (χ2v) is 6.94. The Hall–Kier alpha value is -2.60. The van der Waals surface area contributed by atoms with E-state index in [2.05, 4.69) is 20.6 Å². The van der Waals surface area contributed by atoms with Gasteiger partial charge in [-0.25, -0.2) is 4.68 Å². The van der Waals surface area contributed by atoms with E-state index in [1.807, 2.05) is 49.0 Å². The van der Waals surface area contributed by atoms with Gasteiger partial charge in [0.2, 0.25) is 5.91 Å². The molecule has 1 amide bonds. The van der Waals surface area contributed by atoms with Crippen molar-refractivity contribution >= 4 is 23.3 Å². The highest BCUT2D eigenvalue weighted by Gasteiger charge is 2.32. The number of carbonyl (C=O) groups is 1. The summed E-state index contributed by atoms with van der Waals surface area (Å²) in [5, 5.41) is 15.4. The topological polar surface area (TPSA) is 75.6 Å². The summed E-state index contributed by atoms with van der Waals surface area (Å²) in [5.41, 5.74) is 3.90. The molecule has 128 valence electrons. The van der Waals surface area contributed by atoms with Gasteiger partial charge in [-0.1, -0.05) is 23.7 Å². The summed E-state index contributed by atoms with van der Waals surface area (Å²) in [6.45, 7) is 4.08. The number of nitrogens with one attached hydrogen (secondary N) is 2. The third-order valence-electron chi connectivity index (χ3n) is 4.51. The number of aromatic nitrogens is 4. The summed E-state index contributed by atoms with van der Waals surface area (Å²) in [6.07, 6.45) is 4.01. The van der Waals surface area contributed by atoms with Crippen LogP contribution >= 0.6 is 11.6 Å². The molecule has 1 aliphatic rings. The van der Waals surface area contributed by atoms with Crippen LogP contribution in [0.25, 0.3) is 11.3 Å². The Bertz CT molecular complexity index is 925. The molecule has 0 bridgehead atoms. The van der Waals surface area contributed by atoms with E-state index in [0.29, 0.717) is 11.4 Å². The van der Waals surface area contributed by atoms with E-state index in [1.165, 1.54) is 0 Å². The highest BCUT2D eigenvalue weighted by atomic mass is 35.5. The third kappa shape index (κ3) is 2.72. The van der Waals surface area contributed by atoms with E-state index in [9.17, 15) is 4.79 Å². The SMILES string of the molecule is CC(C)n1ncc2c1NC(=O)C[C@H]2c1cn[nH]c1-c1ccc(Cl)cc1. The molecule has 3 heterocycles. The lowest BCUT2D eigenvalue weighted by Crippen LogP contribution is -2.25. The van der Waals surface area contributed by atoms with Crippen molar-refractivity contribution in [3.05, 3.63) is 52.8 Å². The zero-order valence-electron chi connectivity index (χ0n) is 14.0. The molecule has 0 saturated carbocycles. The van der Waals surface area contributed by atoms with Crippen molar-refractivity contribution in [2.75, 3.05) is 5.32 Å². The number of nitrogens with zero attached hydrogens (tertiary/aromatic N) is 3. The zero-order valence-corrected chi connectivity index (χ0v) is 14.7. The molecule has 6 nitrogen and oxygen atoms in total. The zero-order chi connectivity index (χ0) is 17.6. The molecule has 2 N–H and O–H groups in total. The molecule has 25 heavy (non-hydrogen) atoms. The number of carbonyl (C=O) groups excluding carboxylic acids is 1. The van der Waals surface area contributed by atoms with Gasteiger partial charge in [0, 0.05) is 34.5 Å². The number of anilines is 1. The first-order valence-electron chi connectivity index (χ1n) is 8.21. The molecule has 2 aromatic heterocycles. The molecule has 4 rings (SSSR count). The third-order valence-corrected chi connectivity index (χ3v) is 4.76. The van der Waals surface area contributed by atoms with Gasteiger partial charge in [-0.2, -0.15) is 10.2 Å². The molecule has 0 aliphatic carbocycles. The maximum atomic E-state index is 12.3. The number of rotatable bonds is 3. The van der Waals surface area contributed by atoms with Crippen LogP contribution in [0.1, 0.15) is 43.4 Å². The predicted octanol–water partition coefficient (Wildman–Crippen LogP) is 3.98. The molecule has 0 unspecified atom stereocenters. The summed E-state index contributed by atoms with van der Waals surface area (Å²) < 4.78 is 1.85. The van der Waals surface area contributed by atoms with Crippen LogP contribution in [0.5, 0.6) is 0 Å². The highest BCUT2D eigenvalue weighted by molar-refractivity contribution is 6.30. The van der Waals surface area contributed by atoms with E-state index in [1.54, 1.807) is 6.20 Å². The molecule has 0 radical (unpaired) electrons. The number of aromatic amines is 1. The van der Waals surface area contributed by atoms with Crippen LogP contribution in [-0.2, 0) is 4.79 Å². The van der Waals surface area contributed by atoms with Gasteiger partial charge in [-0.05, 0) is 31.5 Å². The van der Waals surface area contributed by atoms with E-state index >= 15 is 0 Å². The minimum absolute atomic E-state index is 0.0110. The van der Waals surface area contributed by atoms with Crippen molar-refractivity contribution in [3.63, 3.8) is 0 Å². The van der Waals surface area contributed by atoms with Crippen molar-refractivity contribution in [1.29, 1.82) is 0 Å². The van der Waals surface area contributed by atoms with E-state index in [0.717, 1.165) is 28.2 Å². The Kier molecular flexibility index (Phi) is 3.84. The Balaban J connectivity index is 1.81. The summed E-state index contributed by atoms with van der Waals surface area (Å²) in [4.78, 5) is 12.3. The number of hydrogen-bond acceptors (Lipinski definition) is 3. The second kappa shape index (κ2) is 6.04. The Morgan fingerprint density at radius 2 is 1.96 bits per heavy atom. The fourth-order valence-corrected chi connectivity index (χ4v) is 3.44. The summed E-state index contributed by atoms with van der Waals surface area (Å²) >= 11 is 5.99. The maximum Gasteiger partial charge on any atom is 0.226 e. The van der Waals surface area contributed by atoms with Crippen molar-refractivity contribution in [1.82, 2.24) is 20.0 Å². The molecule has 3 aromatic rings. The number of benzene rings is 1. The van der Waals surface area contributed by atoms with Gasteiger partial charge >= 0.3 is 0 Å².